The van der Waals surface area contributed by atoms with Crippen LogP contribution in [0.4, 0.5) is 0 Å². The van der Waals surface area contributed by atoms with Gasteiger partial charge in [-0.05, 0) is 61.2 Å². The van der Waals surface area contributed by atoms with Crippen LogP contribution in [0.1, 0.15) is 50.7 Å². The van der Waals surface area contributed by atoms with E-state index in [0.717, 1.165) is 37.7 Å². The molecular formula is C25H31O4PS. The molecule has 1 fully saturated rings. The van der Waals surface area contributed by atoms with Crippen LogP contribution in [0.2, 0.25) is 0 Å². The van der Waals surface area contributed by atoms with E-state index in [4.69, 9.17) is 4.74 Å². The highest BCUT2D eigenvalue weighted by atomic mass is 32.2. The van der Waals surface area contributed by atoms with Gasteiger partial charge in [-0.25, -0.2) is 8.42 Å². The second-order valence-electron chi connectivity index (χ2n) is 7.60. The van der Waals surface area contributed by atoms with E-state index in [9.17, 15) is 13.2 Å². The summed E-state index contributed by atoms with van der Waals surface area (Å²) in [6.07, 6.45) is 6.53. The molecule has 0 heterocycles. The van der Waals surface area contributed by atoms with Crippen LogP contribution in [0.25, 0.3) is 5.57 Å². The van der Waals surface area contributed by atoms with Crippen molar-refractivity contribution in [3.63, 3.8) is 0 Å². The van der Waals surface area contributed by atoms with Crippen LogP contribution in [0, 0.1) is 0 Å². The van der Waals surface area contributed by atoms with Gasteiger partial charge in [0.2, 0.25) is 0 Å². The first-order chi connectivity index (χ1) is 14.8. The lowest BCUT2D eigenvalue weighted by atomic mass is 10.0. The van der Waals surface area contributed by atoms with Crippen LogP contribution in [0.15, 0.2) is 65.3 Å². The number of rotatable bonds is 7. The van der Waals surface area contributed by atoms with Gasteiger partial charge >= 0.3 is 0 Å². The molecule has 0 atom stereocenters. The lowest BCUT2D eigenvalue weighted by Crippen LogP contribution is -2.14. The van der Waals surface area contributed by atoms with Crippen molar-refractivity contribution in [1.82, 2.24) is 0 Å². The van der Waals surface area contributed by atoms with Gasteiger partial charge in [-0.1, -0.05) is 49.4 Å². The molecule has 0 aliphatic heterocycles. The standard InChI is InChI=1S/C17H21O4PS.C8H10/c1-12(18)17(21-14-5-3-4-6-14)16(11-22)13-7-9-15(10-8-13)23(2,19)20;1-2-8-6-4-3-5-7-8/h7-11,14,22H,3-6H2,1-2H3;3-7H,2H2,1H3/b17-16-;. The quantitative estimate of drug-likeness (QED) is 0.310. The van der Waals surface area contributed by atoms with Gasteiger partial charge < -0.3 is 4.74 Å². The topological polar surface area (TPSA) is 60.4 Å². The van der Waals surface area contributed by atoms with E-state index in [0.29, 0.717) is 11.3 Å². The molecule has 3 rings (SSSR count). The molecule has 1 aliphatic carbocycles. The number of Topliss-reactive ketones (excluding diaryl/α,β-unsaturated/α-hetero) is 1. The van der Waals surface area contributed by atoms with Crippen molar-refractivity contribution in [1.29, 1.82) is 0 Å². The Bertz CT molecular complexity index is 1000. The third kappa shape index (κ3) is 7.75. The lowest BCUT2D eigenvalue weighted by molar-refractivity contribution is -0.117. The summed E-state index contributed by atoms with van der Waals surface area (Å²) in [5.74, 6) is 1.81. The number of hydrogen-bond acceptors (Lipinski definition) is 4. The second-order valence-corrected chi connectivity index (χ2v) is 9.91. The van der Waals surface area contributed by atoms with Crippen molar-refractivity contribution in [3.8, 4) is 0 Å². The van der Waals surface area contributed by atoms with Gasteiger partial charge in [0.05, 0.1) is 11.0 Å². The first-order valence-electron chi connectivity index (χ1n) is 10.5. The van der Waals surface area contributed by atoms with E-state index in [-0.39, 0.29) is 16.8 Å². The first kappa shape index (κ1) is 25.0. The number of hydrogen-bond donors (Lipinski definition) is 0. The summed E-state index contributed by atoms with van der Waals surface area (Å²) < 4.78 is 29.0. The Balaban J connectivity index is 0.000000357. The Labute approximate surface area is 188 Å². The maximum absolute atomic E-state index is 12.0. The SMILES string of the molecule is CC(=O)/C(OC1CCCC1)=C(\C=P)c1ccc(S(C)(=O)=O)cc1.CCc1ccccc1. The van der Waals surface area contributed by atoms with E-state index in [1.54, 1.807) is 17.9 Å². The van der Waals surface area contributed by atoms with Crippen molar-refractivity contribution in [2.75, 3.05) is 6.26 Å². The Morgan fingerprint density at radius 2 is 1.65 bits per heavy atom. The van der Waals surface area contributed by atoms with Crippen LogP contribution < -0.4 is 0 Å². The molecule has 0 saturated heterocycles. The van der Waals surface area contributed by atoms with E-state index in [1.165, 1.54) is 30.9 Å². The van der Waals surface area contributed by atoms with E-state index in [1.807, 2.05) is 6.07 Å². The van der Waals surface area contributed by atoms with Gasteiger partial charge in [0.1, 0.15) is 0 Å². The summed E-state index contributed by atoms with van der Waals surface area (Å²) in [6.45, 7) is 3.64. The minimum atomic E-state index is -3.24. The fourth-order valence-corrected chi connectivity index (χ4v) is 4.31. The van der Waals surface area contributed by atoms with Gasteiger partial charge in [-0.3, -0.25) is 4.79 Å². The van der Waals surface area contributed by atoms with Gasteiger partial charge in [-0.15, -0.1) is 8.86 Å². The predicted molar refractivity (Wildman–Crippen MR) is 131 cm³/mol. The van der Waals surface area contributed by atoms with Crippen LogP contribution in [0.5, 0.6) is 0 Å². The molecule has 0 unspecified atom stereocenters. The molecule has 0 spiro atoms. The number of carbonyl (C=O) groups is 1. The average Bonchev–Trinajstić information content (AvgIpc) is 3.27. The summed E-state index contributed by atoms with van der Waals surface area (Å²) in [6, 6.07) is 16.9. The summed E-state index contributed by atoms with van der Waals surface area (Å²) >= 11 is 0. The summed E-state index contributed by atoms with van der Waals surface area (Å²) in [7, 11) is 0.105. The molecule has 1 saturated carbocycles. The normalized spacial score (nSPS) is 14.8. The highest BCUT2D eigenvalue weighted by Crippen LogP contribution is 2.27. The molecule has 6 heteroatoms. The zero-order valence-electron chi connectivity index (χ0n) is 18.4. The highest BCUT2D eigenvalue weighted by molar-refractivity contribution is 7.90. The van der Waals surface area contributed by atoms with E-state index < -0.39 is 9.84 Å². The van der Waals surface area contributed by atoms with Crippen molar-refractivity contribution in [3.05, 3.63) is 71.5 Å². The summed E-state index contributed by atoms with van der Waals surface area (Å²) in [4.78, 5) is 12.3. The molecule has 0 bridgehead atoms. The molecule has 0 aromatic heterocycles. The van der Waals surface area contributed by atoms with Crippen molar-refractivity contribution in [2.24, 2.45) is 0 Å². The zero-order chi connectivity index (χ0) is 22.9. The molecule has 2 aromatic rings. The van der Waals surface area contributed by atoms with Crippen LogP contribution >= 0.6 is 8.86 Å². The molecule has 0 N–H and O–H groups in total. The molecule has 31 heavy (non-hydrogen) atoms. The number of benzene rings is 2. The second kappa shape index (κ2) is 12.0. The average molecular weight is 459 g/mol. The molecular weight excluding hydrogens is 427 g/mol. The van der Waals surface area contributed by atoms with Crippen molar-refractivity contribution >= 4 is 35.9 Å². The third-order valence-electron chi connectivity index (χ3n) is 5.14. The maximum atomic E-state index is 12.0. The van der Waals surface area contributed by atoms with E-state index in [2.05, 4.69) is 40.1 Å². The molecule has 0 radical (unpaired) electrons. The zero-order valence-corrected chi connectivity index (χ0v) is 20.2. The fourth-order valence-electron chi connectivity index (χ4n) is 3.38. The Morgan fingerprint density at radius 3 is 2.06 bits per heavy atom. The largest absolute Gasteiger partial charge is 0.486 e. The van der Waals surface area contributed by atoms with Crippen LogP contribution in [0.3, 0.4) is 0 Å². The summed E-state index contributed by atoms with van der Waals surface area (Å²) in [5.41, 5.74) is 2.77. The van der Waals surface area contributed by atoms with Crippen molar-refractivity contribution < 1.29 is 17.9 Å². The van der Waals surface area contributed by atoms with Gasteiger partial charge in [0, 0.05) is 18.8 Å². The smallest absolute Gasteiger partial charge is 0.194 e. The molecule has 2 aromatic carbocycles. The van der Waals surface area contributed by atoms with Crippen molar-refractivity contribution in [2.45, 2.75) is 57.0 Å². The maximum Gasteiger partial charge on any atom is 0.194 e. The van der Waals surface area contributed by atoms with Crippen LogP contribution in [-0.4, -0.2) is 32.4 Å². The molecule has 0 amide bonds. The first-order valence-corrected chi connectivity index (χ1v) is 13.0. The molecule has 1 aliphatic rings. The Kier molecular flexibility index (Phi) is 9.67. The van der Waals surface area contributed by atoms with Crippen LogP contribution in [-0.2, 0) is 25.8 Å². The Hall–Kier alpha value is -2.23. The number of aryl methyl sites for hydroxylation is 1. The number of carbonyl (C=O) groups excluding carboxylic acids is 1. The minimum absolute atomic E-state index is 0.0748. The van der Waals surface area contributed by atoms with Gasteiger partial charge in [-0.2, -0.15) is 0 Å². The Morgan fingerprint density at radius 1 is 1.06 bits per heavy atom. The third-order valence-corrected chi connectivity index (χ3v) is 6.56. The predicted octanol–water partition coefficient (Wildman–Crippen LogP) is 5.54. The fraction of sp³-hybridized carbons (Fsp3) is 0.360. The highest BCUT2D eigenvalue weighted by Gasteiger charge is 2.22. The molecule has 4 nitrogen and oxygen atoms in total. The lowest BCUT2D eigenvalue weighted by Gasteiger charge is -2.17. The van der Waals surface area contributed by atoms with Gasteiger partial charge in [0.15, 0.2) is 21.4 Å². The number of allylic oxidation sites excluding steroid dienone is 2. The number of ketones is 1. The number of sulfone groups is 1. The number of ether oxygens (including phenoxy) is 1. The monoisotopic (exact) mass is 458 g/mol. The minimum Gasteiger partial charge on any atom is -0.486 e. The molecule has 166 valence electrons. The van der Waals surface area contributed by atoms with E-state index >= 15 is 0 Å². The van der Waals surface area contributed by atoms with Gasteiger partial charge in [0.25, 0.3) is 0 Å². The summed E-state index contributed by atoms with van der Waals surface area (Å²) in [5, 5.41) is 0.